The van der Waals surface area contributed by atoms with Gasteiger partial charge in [0.15, 0.2) is 5.82 Å². The Labute approximate surface area is 265 Å². The Balaban J connectivity index is 0.00000127. The summed E-state index contributed by atoms with van der Waals surface area (Å²) in [5.74, 6) is 0.824. The summed E-state index contributed by atoms with van der Waals surface area (Å²) in [6, 6.07) is 8.78. The molecule has 2 fully saturated rings. The van der Waals surface area contributed by atoms with Crippen LogP contribution in [0.4, 0.5) is 11.8 Å². The topological polar surface area (TPSA) is 184 Å². The Morgan fingerprint density at radius 2 is 1.93 bits per heavy atom. The number of carbonyl (C=O) groups is 1. The molecule has 1 aromatic carbocycles. The number of esters is 1. The number of nitrogens with two attached hydrogens (primary N) is 1. The van der Waals surface area contributed by atoms with E-state index in [0.29, 0.717) is 40.5 Å². The summed E-state index contributed by atoms with van der Waals surface area (Å²) in [4.78, 5) is 23.6. The van der Waals surface area contributed by atoms with Crippen molar-refractivity contribution < 1.29 is 32.6 Å². The number of hydrazine groups is 1. The number of fused-ring (bicyclic) bond motifs is 1. The third kappa shape index (κ3) is 8.98. The van der Waals surface area contributed by atoms with Crippen molar-refractivity contribution >= 4 is 59.9 Å². The number of nitrogens with zero attached hydrogens (tertiary/aromatic N) is 3. The second kappa shape index (κ2) is 16.6. The normalized spacial score (nSPS) is 21.2. The van der Waals surface area contributed by atoms with Crippen LogP contribution in [0.25, 0.3) is 11.0 Å². The summed E-state index contributed by atoms with van der Waals surface area (Å²) in [5.41, 5.74) is 8.56. The third-order valence-electron chi connectivity index (χ3n) is 6.64. The van der Waals surface area contributed by atoms with E-state index in [1.165, 1.54) is 13.4 Å². The van der Waals surface area contributed by atoms with Gasteiger partial charge in [0.05, 0.1) is 25.2 Å². The van der Waals surface area contributed by atoms with Crippen LogP contribution in [-0.2, 0) is 29.8 Å². The maximum atomic E-state index is 12.4. The van der Waals surface area contributed by atoms with Crippen LogP contribution in [0.3, 0.4) is 0 Å². The largest absolute Gasteiger partial charge is 0.468 e. The average Bonchev–Trinajstić information content (AvgIpc) is 3.54. The number of carbonyl (C=O) groups excluding carboxylic acids is 1. The van der Waals surface area contributed by atoms with E-state index >= 15 is 0 Å². The molecular formula is C27H41ClN7O7PS. The maximum Gasteiger partial charge on any atom is 0.326 e. The number of nitrogen functional groups attached to an aromatic ring is 1. The molecule has 44 heavy (non-hydrogen) atoms. The zero-order valence-electron chi connectivity index (χ0n) is 25.6. The lowest BCUT2D eigenvalue weighted by Crippen LogP contribution is -2.38. The van der Waals surface area contributed by atoms with E-state index in [1.807, 2.05) is 30.7 Å². The first-order chi connectivity index (χ1) is 21.2. The van der Waals surface area contributed by atoms with Gasteiger partial charge in [-0.3, -0.25) is 10.2 Å². The summed E-state index contributed by atoms with van der Waals surface area (Å²) in [6.07, 6.45) is 4.78. The number of methoxy groups -OCH3 is 1. The fourth-order valence-electron chi connectivity index (χ4n) is 4.52. The van der Waals surface area contributed by atoms with Crippen LogP contribution in [0.1, 0.15) is 46.3 Å². The minimum Gasteiger partial charge on any atom is -0.468 e. The molecule has 5 atom stereocenters. The van der Waals surface area contributed by atoms with Crippen molar-refractivity contribution in [3.8, 4) is 5.75 Å². The number of rotatable bonds is 12. The SMILES string of the molecule is CC.CO.COC(=O)C1(NP(OCC2CC(C)[C@H](n3ccc4c(NNS(C)=O)nc(N)nc43)O2)Oc2ccc(Cl)cc2)CC1. The van der Waals surface area contributed by atoms with Crippen LogP contribution in [0, 0.1) is 5.92 Å². The van der Waals surface area contributed by atoms with Crippen LogP contribution in [0.2, 0.25) is 5.02 Å². The van der Waals surface area contributed by atoms with Gasteiger partial charge in [0.1, 0.15) is 34.1 Å². The van der Waals surface area contributed by atoms with Crippen LogP contribution in [0.5, 0.6) is 5.75 Å². The van der Waals surface area contributed by atoms with Gasteiger partial charge in [0.2, 0.25) is 5.95 Å². The third-order valence-corrected chi connectivity index (χ3v) is 8.65. The van der Waals surface area contributed by atoms with Gasteiger partial charge in [-0.05, 0) is 49.6 Å². The fraction of sp³-hybridized carbons (Fsp3) is 0.519. The molecule has 1 aliphatic heterocycles. The van der Waals surface area contributed by atoms with E-state index in [9.17, 15) is 9.00 Å². The van der Waals surface area contributed by atoms with Crippen molar-refractivity contribution in [1.29, 1.82) is 0 Å². The number of hydrogen-bond acceptors (Lipinski definition) is 12. The summed E-state index contributed by atoms with van der Waals surface area (Å²) in [7, 11) is -0.640. The monoisotopic (exact) mass is 673 g/mol. The molecule has 3 heterocycles. The summed E-state index contributed by atoms with van der Waals surface area (Å²) in [6.45, 7) is 6.32. The van der Waals surface area contributed by atoms with Crippen LogP contribution < -0.4 is 25.6 Å². The van der Waals surface area contributed by atoms with Gasteiger partial charge >= 0.3 is 14.5 Å². The predicted octanol–water partition coefficient (Wildman–Crippen LogP) is 4.05. The number of aromatic nitrogens is 3. The zero-order valence-corrected chi connectivity index (χ0v) is 28.0. The standard InChI is InChI=1S/C24H31ClN7O6PS.C2H6.CH4O/c1-14-12-17(37-21(14)32-11-8-18-19(29-31-40(3)34)27-23(26)28-20(18)32)13-36-39(30-24(9-10-24)22(33)35-2)38-16-6-4-15(25)5-7-16;2*1-2/h4-8,11,14,17,21,30-31H,9-10,12-13H2,1-3H3,(H3,26,27,28,29);1-2H3;2H,1H3/t14?,17?,21-,39?,40?;;/m1../s1. The van der Waals surface area contributed by atoms with E-state index < -0.39 is 25.1 Å². The Morgan fingerprint density at radius 1 is 1.25 bits per heavy atom. The predicted molar refractivity (Wildman–Crippen MR) is 172 cm³/mol. The Kier molecular flexibility index (Phi) is 13.5. The van der Waals surface area contributed by atoms with Crippen molar-refractivity contribution in [2.75, 3.05) is 38.2 Å². The first-order valence-corrected chi connectivity index (χ1v) is 17.1. The first kappa shape index (κ1) is 35.9. The lowest BCUT2D eigenvalue weighted by molar-refractivity contribution is -0.143. The molecule has 0 spiro atoms. The van der Waals surface area contributed by atoms with Gasteiger partial charge in [-0.1, -0.05) is 32.4 Å². The van der Waals surface area contributed by atoms with Gasteiger partial charge < -0.3 is 33.9 Å². The van der Waals surface area contributed by atoms with Crippen molar-refractivity contribution in [3.63, 3.8) is 0 Å². The van der Waals surface area contributed by atoms with Crippen LogP contribution in [0.15, 0.2) is 36.5 Å². The van der Waals surface area contributed by atoms with E-state index in [2.05, 4.69) is 32.2 Å². The molecule has 2 aromatic heterocycles. The first-order valence-electron chi connectivity index (χ1n) is 14.0. The van der Waals surface area contributed by atoms with E-state index in [0.717, 1.165) is 13.5 Å². The molecule has 14 nitrogen and oxygen atoms in total. The van der Waals surface area contributed by atoms with Gasteiger partial charge in [0.25, 0.3) is 0 Å². The van der Waals surface area contributed by atoms with Crippen molar-refractivity contribution in [2.45, 2.75) is 57.9 Å². The molecule has 5 rings (SSSR count). The van der Waals surface area contributed by atoms with Crippen molar-refractivity contribution in [3.05, 3.63) is 41.6 Å². The number of aliphatic hydroxyl groups excluding tert-OH is 1. The number of halogens is 1. The number of aliphatic hydroxyl groups is 1. The molecule has 2 aliphatic rings. The second-order valence-corrected chi connectivity index (χ2v) is 12.4. The highest BCUT2D eigenvalue weighted by molar-refractivity contribution is 7.82. The van der Waals surface area contributed by atoms with Crippen molar-refractivity contribution in [2.24, 2.45) is 5.92 Å². The van der Waals surface area contributed by atoms with Crippen molar-refractivity contribution in [1.82, 2.24) is 24.5 Å². The fourth-order valence-corrected chi connectivity index (χ4v) is 6.32. The second-order valence-electron chi connectivity index (χ2n) is 9.72. The molecule has 6 N–H and O–H groups in total. The highest BCUT2D eigenvalue weighted by Crippen LogP contribution is 2.47. The maximum absolute atomic E-state index is 12.4. The Morgan fingerprint density at radius 3 is 2.55 bits per heavy atom. The van der Waals surface area contributed by atoms with Gasteiger partial charge in [-0.2, -0.15) is 14.8 Å². The lowest BCUT2D eigenvalue weighted by Gasteiger charge is -2.24. The van der Waals surface area contributed by atoms with Gasteiger partial charge in [-0.15, -0.1) is 0 Å². The summed E-state index contributed by atoms with van der Waals surface area (Å²) in [5, 5.41) is 11.5. The van der Waals surface area contributed by atoms with E-state index in [1.54, 1.807) is 24.3 Å². The molecular weight excluding hydrogens is 633 g/mol. The number of ether oxygens (including phenoxy) is 2. The molecule has 3 aromatic rings. The molecule has 0 bridgehead atoms. The molecule has 1 saturated carbocycles. The van der Waals surface area contributed by atoms with E-state index in [-0.39, 0.29) is 36.8 Å². The smallest absolute Gasteiger partial charge is 0.326 e. The molecule has 1 aliphatic carbocycles. The Hall–Kier alpha value is -2.62. The minimum atomic E-state index is -1.70. The molecule has 0 radical (unpaired) electrons. The molecule has 17 heteroatoms. The van der Waals surface area contributed by atoms with Crippen LogP contribution in [-0.4, -0.2) is 68.5 Å². The Bertz CT molecular complexity index is 1400. The van der Waals surface area contributed by atoms with Crippen LogP contribution >= 0.6 is 20.1 Å². The summed E-state index contributed by atoms with van der Waals surface area (Å²) < 4.78 is 37.0. The highest BCUT2D eigenvalue weighted by atomic mass is 35.5. The number of nitrogens with one attached hydrogen (secondary N) is 3. The van der Waals surface area contributed by atoms with E-state index in [4.69, 9.17) is 41.0 Å². The molecule has 244 valence electrons. The van der Waals surface area contributed by atoms with Gasteiger partial charge in [0, 0.05) is 30.5 Å². The summed E-state index contributed by atoms with van der Waals surface area (Å²) >= 11 is 6.01. The minimum absolute atomic E-state index is 0.0693. The lowest BCUT2D eigenvalue weighted by atomic mass is 10.1. The highest BCUT2D eigenvalue weighted by Gasteiger charge is 2.53. The quantitative estimate of drug-likeness (QED) is 0.106. The number of hydrogen-bond donors (Lipinski definition) is 5. The molecule has 1 saturated heterocycles. The molecule has 4 unspecified atom stereocenters. The average molecular weight is 674 g/mol. The molecule has 0 amide bonds. The van der Waals surface area contributed by atoms with Gasteiger partial charge in [-0.25, -0.2) is 9.30 Å². The number of benzene rings is 1. The zero-order chi connectivity index (χ0) is 32.4. The number of anilines is 2.